The summed E-state index contributed by atoms with van der Waals surface area (Å²) in [6, 6.07) is 39.0. The van der Waals surface area contributed by atoms with Crippen LogP contribution in [0.5, 0.6) is 0 Å². The Bertz CT molecular complexity index is 4670. The molecule has 0 unspecified atom stereocenters. The Kier molecular flexibility index (Phi) is 15.5. The zero-order chi connectivity index (χ0) is 59.4. The van der Waals surface area contributed by atoms with Crippen LogP contribution in [-0.4, -0.2) is 69.2 Å². The molecule has 0 aliphatic heterocycles. The van der Waals surface area contributed by atoms with Crippen molar-refractivity contribution in [2.45, 2.75) is 0 Å². The maximum atomic E-state index is 13.0. The van der Waals surface area contributed by atoms with Gasteiger partial charge in [-0.2, -0.15) is 28.5 Å². The first-order valence-electron chi connectivity index (χ1n) is 25.3. The number of benzene rings is 3. The lowest BCUT2D eigenvalue weighted by atomic mass is 10.2. The first-order valence-corrected chi connectivity index (χ1v) is 27.8. The third-order valence-electron chi connectivity index (χ3n) is 12.1. The van der Waals surface area contributed by atoms with Gasteiger partial charge in [-0.1, -0.05) is 34.0 Å². The van der Waals surface area contributed by atoms with E-state index in [-0.39, 0.29) is 34.1 Å². The SMILES string of the molecule is CN(C)C=O.O=c1/c(=C/c2ccc(-c3ccc(F)cc3)o2)sc2nc(-c3ccco3)nn12.O=c1/c(=C/c2ccc(-c3ccc(F)cc3)o2)sc2nc(-c3ccco3)nn12.O=c1/c(=C/c2ccc(-c3ccc(F)cc3)o2)sc2nc(-c3ccco3)nn12. The number of furan rings is 6. The molecular formula is C60H37F3N10O10S3. The summed E-state index contributed by atoms with van der Waals surface area (Å²) in [6.45, 7) is 0. The van der Waals surface area contributed by atoms with E-state index in [9.17, 15) is 32.3 Å². The summed E-state index contributed by atoms with van der Waals surface area (Å²) in [5, 5.41) is 12.6. The van der Waals surface area contributed by atoms with Crippen molar-refractivity contribution in [1.29, 1.82) is 0 Å². The van der Waals surface area contributed by atoms with E-state index < -0.39 is 0 Å². The van der Waals surface area contributed by atoms with Gasteiger partial charge in [0.2, 0.25) is 38.8 Å². The summed E-state index contributed by atoms with van der Waals surface area (Å²) in [7, 11) is 3.38. The van der Waals surface area contributed by atoms with Gasteiger partial charge in [-0.05, 0) is 146 Å². The number of nitrogens with zero attached hydrogens (tertiary/aromatic N) is 10. The van der Waals surface area contributed by atoms with Crippen LogP contribution in [0, 0.1) is 17.5 Å². The summed E-state index contributed by atoms with van der Waals surface area (Å²) >= 11 is 3.64. The molecule has 26 heteroatoms. The second-order valence-corrected chi connectivity index (χ2v) is 21.3. The minimum atomic E-state index is -0.309. The zero-order valence-electron chi connectivity index (χ0n) is 44.3. The van der Waals surface area contributed by atoms with Crippen LogP contribution in [-0.2, 0) is 4.79 Å². The highest BCUT2D eigenvalue weighted by atomic mass is 32.1. The van der Waals surface area contributed by atoms with Gasteiger partial charge < -0.3 is 31.4 Å². The minimum Gasteiger partial charge on any atom is -0.461 e. The third-order valence-corrected chi connectivity index (χ3v) is 14.9. The lowest BCUT2D eigenvalue weighted by Gasteiger charge is -1.95. The molecular weight excluding hydrogens is 1170 g/mol. The van der Waals surface area contributed by atoms with Crippen LogP contribution in [0.1, 0.15) is 17.3 Å². The van der Waals surface area contributed by atoms with Crippen molar-refractivity contribution >= 4 is 73.5 Å². The number of thiazole rings is 3. The molecule has 3 aromatic carbocycles. The smallest absolute Gasteiger partial charge is 0.291 e. The van der Waals surface area contributed by atoms with Gasteiger partial charge in [-0.25, -0.2) is 13.2 Å². The number of carbonyl (C=O) groups excluding carboxylic acids is 1. The van der Waals surface area contributed by atoms with E-state index >= 15 is 0 Å². The topological polar surface area (TPSA) is 241 Å². The molecule has 15 rings (SSSR count). The minimum absolute atomic E-state index is 0.278. The fraction of sp³-hybridized carbons (Fsp3) is 0.0333. The molecule has 0 fully saturated rings. The molecule has 20 nitrogen and oxygen atoms in total. The van der Waals surface area contributed by atoms with Crippen LogP contribution >= 0.6 is 34.0 Å². The van der Waals surface area contributed by atoms with Gasteiger partial charge in [-0.15, -0.1) is 15.3 Å². The van der Waals surface area contributed by atoms with E-state index in [1.807, 2.05) is 0 Å². The second-order valence-electron chi connectivity index (χ2n) is 18.3. The Balaban J connectivity index is 0.000000121. The van der Waals surface area contributed by atoms with E-state index in [4.69, 9.17) is 26.5 Å². The van der Waals surface area contributed by atoms with Crippen molar-refractivity contribution in [3.05, 3.63) is 244 Å². The predicted molar refractivity (Wildman–Crippen MR) is 313 cm³/mol. The molecule has 0 aliphatic rings. The lowest BCUT2D eigenvalue weighted by molar-refractivity contribution is -0.115. The van der Waals surface area contributed by atoms with Crippen molar-refractivity contribution in [2.24, 2.45) is 0 Å². The molecule has 15 aromatic rings. The standard InChI is InChI=1S/3C19H10FN3O3S.C3H7NO/c3*20-12-5-3-11(4-6-12)14-8-7-13(26-14)10-16-18(24)23-19(27-16)21-17(22-23)15-2-1-9-25-15;1-4(2)3-5/h3*1-10H;3H,1-2H3/b3*16-10-;. The Morgan fingerprint density at radius 1 is 0.407 bits per heavy atom. The molecule has 0 atom stereocenters. The van der Waals surface area contributed by atoms with Crippen molar-refractivity contribution < 1.29 is 44.5 Å². The molecule has 0 radical (unpaired) electrons. The maximum Gasteiger partial charge on any atom is 0.291 e. The highest BCUT2D eigenvalue weighted by Gasteiger charge is 2.18. The molecule has 12 heterocycles. The van der Waals surface area contributed by atoms with E-state index in [0.717, 1.165) is 23.1 Å². The molecule has 0 bridgehead atoms. The van der Waals surface area contributed by atoms with Gasteiger partial charge >= 0.3 is 0 Å². The molecule has 426 valence electrons. The van der Waals surface area contributed by atoms with Gasteiger partial charge in [0.15, 0.2) is 17.3 Å². The highest BCUT2D eigenvalue weighted by Crippen LogP contribution is 2.27. The van der Waals surface area contributed by atoms with Crippen molar-refractivity contribution in [2.75, 3.05) is 14.1 Å². The average molecular weight is 1210 g/mol. The number of rotatable bonds is 10. The van der Waals surface area contributed by atoms with Crippen LogP contribution in [0.4, 0.5) is 13.2 Å². The summed E-state index contributed by atoms with van der Waals surface area (Å²) in [5.74, 6) is 5.01. The van der Waals surface area contributed by atoms with Crippen LogP contribution in [0.15, 0.2) is 205 Å². The molecule has 0 saturated heterocycles. The Hall–Kier alpha value is -11.1. The molecule has 86 heavy (non-hydrogen) atoms. The Morgan fingerprint density at radius 2 is 0.686 bits per heavy atom. The number of amides is 1. The number of aromatic nitrogens is 9. The largest absolute Gasteiger partial charge is 0.461 e. The van der Waals surface area contributed by atoms with Gasteiger partial charge in [0.25, 0.3) is 16.7 Å². The molecule has 0 N–H and O–H groups in total. The first-order chi connectivity index (χ1) is 41.8. The van der Waals surface area contributed by atoms with E-state index in [0.29, 0.717) is 97.8 Å². The number of carbonyl (C=O) groups is 1. The predicted octanol–water partition coefficient (Wildman–Crippen LogP) is 9.78. The van der Waals surface area contributed by atoms with Crippen LogP contribution in [0.3, 0.4) is 0 Å². The van der Waals surface area contributed by atoms with E-state index in [1.165, 1.54) is 108 Å². The van der Waals surface area contributed by atoms with Crippen LogP contribution in [0.2, 0.25) is 0 Å². The normalized spacial score (nSPS) is 11.9. The Labute approximate surface area is 490 Å². The van der Waals surface area contributed by atoms with Crippen molar-refractivity contribution in [3.8, 4) is 68.7 Å². The first kappa shape index (κ1) is 55.4. The second kappa shape index (κ2) is 24.0. The average Bonchev–Trinajstić information content (AvgIpc) is 2.75. The molecule has 12 aromatic heterocycles. The zero-order valence-corrected chi connectivity index (χ0v) is 46.8. The van der Waals surface area contributed by atoms with Gasteiger partial charge in [0.05, 0.1) is 18.8 Å². The Morgan fingerprint density at radius 3 is 0.919 bits per heavy atom. The summed E-state index contributed by atoms with van der Waals surface area (Å²) in [6.07, 6.45) is 10.3. The number of hydrogen-bond donors (Lipinski definition) is 0. The highest BCUT2D eigenvalue weighted by molar-refractivity contribution is 7.15. The van der Waals surface area contributed by atoms with Crippen molar-refractivity contribution in [3.63, 3.8) is 0 Å². The van der Waals surface area contributed by atoms with E-state index in [1.54, 1.807) is 142 Å². The van der Waals surface area contributed by atoms with Gasteiger partial charge in [0.1, 0.15) is 65.6 Å². The summed E-state index contributed by atoms with van der Waals surface area (Å²) in [5.41, 5.74) is 1.43. The van der Waals surface area contributed by atoms with E-state index in [2.05, 4.69) is 30.2 Å². The third kappa shape index (κ3) is 12.0. The van der Waals surface area contributed by atoms with Gasteiger partial charge in [-0.3, -0.25) is 19.2 Å². The van der Waals surface area contributed by atoms with Gasteiger partial charge in [0, 0.05) is 49.0 Å². The monoisotopic (exact) mass is 1210 g/mol. The summed E-state index contributed by atoms with van der Waals surface area (Å²) < 4.78 is 77.2. The van der Waals surface area contributed by atoms with Crippen LogP contribution in [0.25, 0.3) is 102 Å². The fourth-order valence-electron chi connectivity index (χ4n) is 8.02. The molecule has 0 aliphatic carbocycles. The molecule has 0 spiro atoms. The van der Waals surface area contributed by atoms with Crippen LogP contribution < -0.4 is 30.3 Å². The quantitative estimate of drug-likeness (QED) is 0.116. The van der Waals surface area contributed by atoms with Crippen molar-refractivity contribution in [1.82, 2.24) is 48.7 Å². The fourth-order valence-corrected chi connectivity index (χ4v) is 10.7. The number of fused-ring (bicyclic) bond motifs is 3. The number of halogens is 3. The molecule has 0 saturated carbocycles. The lowest BCUT2D eigenvalue weighted by Crippen LogP contribution is -2.23. The molecule has 1 amide bonds. The maximum absolute atomic E-state index is 13.0. The summed E-state index contributed by atoms with van der Waals surface area (Å²) in [4.78, 5) is 63.0. The number of hydrogen-bond acceptors (Lipinski definition) is 19.